The van der Waals surface area contributed by atoms with Crippen molar-refractivity contribution < 1.29 is 14.3 Å². The zero-order valence-corrected chi connectivity index (χ0v) is 11.4. The molecule has 3 atom stereocenters. The van der Waals surface area contributed by atoms with E-state index in [9.17, 15) is 4.79 Å². The van der Waals surface area contributed by atoms with Crippen molar-refractivity contribution in [3.8, 4) is 0 Å². The van der Waals surface area contributed by atoms with Crippen LogP contribution >= 0.6 is 0 Å². The SMILES string of the molecule is COC(=O)C(C)C(C)N(C)CC1CCCOC1. The number of ether oxygens (including phenoxy) is 2. The fourth-order valence-electron chi connectivity index (χ4n) is 2.29. The normalized spacial score (nSPS) is 24.4. The molecule has 3 unspecified atom stereocenters. The van der Waals surface area contributed by atoms with Gasteiger partial charge in [0.15, 0.2) is 0 Å². The van der Waals surface area contributed by atoms with Gasteiger partial charge in [0.05, 0.1) is 19.6 Å². The Hall–Kier alpha value is -0.610. The Morgan fingerprint density at radius 1 is 1.53 bits per heavy atom. The quantitative estimate of drug-likeness (QED) is 0.687. The molecule has 0 aromatic rings. The van der Waals surface area contributed by atoms with Crippen molar-refractivity contribution in [2.75, 3.05) is 33.9 Å². The number of esters is 1. The van der Waals surface area contributed by atoms with E-state index in [4.69, 9.17) is 9.47 Å². The molecule has 0 bridgehead atoms. The van der Waals surface area contributed by atoms with Crippen LogP contribution in [0.4, 0.5) is 0 Å². The van der Waals surface area contributed by atoms with Crippen LogP contribution in [0.3, 0.4) is 0 Å². The molecule has 100 valence electrons. The van der Waals surface area contributed by atoms with Crippen LogP contribution in [0.15, 0.2) is 0 Å². The molecule has 0 N–H and O–H groups in total. The number of carbonyl (C=O) groups excluding carboxylic acids is 1. The first-order valence-corrected chi connectivity index (χ1v) is 6.42. The lowest BCUT2D eigenvalue weighted by Gasteiger charge is -2.32. The molecular formula is C13H25NO3. The predicted octanol–water partition coefficient (Wildman–Crippen LogP) is 1.54. The van der Waals surface area contributed by atoms with E-state index >= 15 is 0 Å². The fraction of sp³-hybridized carbons (Fsp3) is 0.923. The van der Waals surface area contributed by atoms with Crippen molar-refractivity contribution in [3.63, 3.8) is 0 Å². The molecule has 0 aromatic heterocycles. The molecule has 17 heavy (non-hydrogen) atoms. The van der Waals surface area contributed by atoms with Gasteiger partial charge >= 0.3 is 5.97 Å². The van der Waals surface area contributed by atoms with E-state index in [0.29, 0.717) is 5.92 Å². The van der Waals surface area contributed by atoms with Gasteiger partial charge in [-0.1, -0.05) is 6.92 Å². The minimum absolute atomic E-state index is 0.0884. The number of rotatable bonds is 5. The Kier molecular flexibility index (Phi) is 5.92. The van der Waals surface area contributed by atoms with Crippen molar-refractivity contribution in [2.24, 2.45) is 11.8 Å². The molecule has 1 saturated heterocycles. The maximum absolute atomic E-state index is 11.5. The summed E-state index contributed by atoms with van der Waals surface area (Å²) in [7, 11) is 3.51. The van der Waals surface area contributed by atoms with Crippen LogP contribution in [-0.4, -0.2) is 50.8 Å². The molecule has 0 spiro atoms. The molecule has 1 fully saturated rings. The van der Waals surface area contributed by atoms with Crippen LogP contribution in [0.1, 0.15) is 26.7 Å². The van der Waals surface area contributed by atoms with Gasteiger partial charge in [0.1, 0.15) is 0 Å². The summed E-state index contributed by atoms with van der Waals surface area (Å²) in [5, 5.41) is 0. The van der Waals surface area contributed by atoms with Crippen LogP contribution < -0.4 is 0 Å². The Morgan fingerprint density at radius 2 is 2.24 bits per heavy atom. The van der Waals surface area contributed by atoms with Gasteiger partial charge < -0.3 is 14.4 Å². The summed E-state index contributed by atoms with van der Waals surface area (Å²) in [6, 6.07) is 0.198. The average Bonchev–Trinajstić information content (AvgIpc) is 2.37. The van der Waals surface area contributed by atoms with Gasteiger partial charge in [0.2, 0.25) is 0 Å². The maximum Gasteiger partial charge on any atom is 0.309 e. The van der Waals surface area contributed by atoms with E-state index in [0.717, 1.165) is 26.2 Å². The van der Waals surface area contributed by atoms with Crippen LogP contribution in [-0.2, 0) is 14.3 Å². The first-order valence-electron chi connectivity index (χ1n) is 6.42. The number of carbonyl (C=O) groups is 1. The predicted molar refractivity (Wildman–Crippen MR) is 66.8 cm³/mol. The summed E-state index contributed by atoms with van der Waals surface area (Å²) in [5.74, 6) is 0.375. The molecule has 0 saturated carbocycles. The first-order chi connectivity index (χ1) is 8.06. The van der Waals surface area contributed by atoms with E-state index in [1.54, 1.807) is 0 Å². The minimum Gasteiger partial charge on any atom is -0.469 e. The summed E-state index contributed by atoms with van der Waals surface area (Å²) in [4.78, 5) is 13.7. The molecule has 0 aliphatic carbocycles. The molecule has 1 heterocycles. The van der Waals surface area contributed by atoms with Gasteiger partial charge in [0.25, 0.3) is 0 Å². The average molecular weight is 243 g/mol. The van der Waals surface area contributed by atoms with Crippen LogP contribution in [0.2, 0.25) is 0 Å². The van der Waals surface area contributed by atoms with E-state index in [1.807, 2.05) is 6.92 Å². The molecular weight excluding hydrogens is 218 g/mol. The van der Waals surface area contributed by atoms with Crippen molar-refractivity contribution in [2.45, 2.75) is 32.7 Å². The Balaban J connectivity index is 2.39. The van der Waals surface area contributed by atoms with E-state index in [2.05, 4.69) is 18.9 Å². The zero-order valence-electron chi connectivity index (χ0n) is 11.4. The van der Waals surface area contributed by atoms with Crippen LogP contribution in [0.25, 0.3) is 0 Å². The second kappa shape index (κ2) is 6.97. The highest BCUT2D eigenvalue weighted by atomic mass is 16.5. The van der Waals surface area contributed by atoms with Gasteiger partial charge in [0, 0.05) is 19.2 Å². The highest BCUT2D eigenvalue weighted by Crippen LogP contribution is 2.18. The standard InChI is InChI=1S/C13H25NO3/c1-10(13(15)16-4)11(2)14(3)8-12-6-5-7-17-9-12/h10-12H,5-9H2,1-4H3. The Bertz CT molecular complexity index is 239. The van der Waals surface area contributed by atoms with Gasteiger partial charge in [-0.25, -0.2) is 0 Å². The lowest BCUT2D eigenvalue weighted by Crippen LogP contribution is -2.42. The largest absolute Gasteiger partial charge is 0.469 e. The molecule has 0 radical (unpaired) electrons. The van der Waals surface area contributed by atoms with Crippen LogP contribution in [0.5, 0.6) is 0 Å². The highest BCUT2D eigenvalue weighted by molar-refractivity contribution is 5.72. The topological polar surface area (TPSA) is 38.8 Å². The second-order valence-corrected chi connectivity index (χ2v) is 5.08. The first kappa shape index (κ1) is 14.5. The number of hydrogen-bond donors (Lipinski definition) is 0. The minimum atomic E-state index is -0.135. The van der Waals surface area contributed by atoms with E-state index in [1.165, 1.54) is 13.5 Å². The second-order valence-electron chi connectivity index (χ2n) is 5.08. The lowest BCUT2D eigenvalue weighted by atomic mass is 9.98. The van der Waals surface area contributed by atoms with E-state index in [-0.39, 0.29) is 17.9 Å². The molecule has 4 heteroatoms. The van der Waals surface area contributed by atoms with Crippen molar-refractivity contribution >= 4 is 5.97 Å². The molecule has 0 amide bonds. The molecule has 1 aliphatic heterocycles. The summed E-state index contributed by atoms with van der Waals surface area (Å²) in [6.07, 6.45) is 2.38. The number of nitrogens with zero attached hydrogens (tertiary/aromatic N) is 1. The lowest BCUT2D eigenvalue weighted by molar-refractivity contribution is -0.147. The zero-order chi connectivity index (χ0) is 12.8. The summed E-state index contributed by atoms with van der Waals surface area (Å²) < 4.78 is 10.3. The maximum atomic E-state index is 11.5. The van der Waals surface area contributed by atoms with Gasteiger partial charge in [-0.2, -0.15) is 0 Å². The van der Waals surface area contributed by atoms with Crippen molar-refractivity contribution in [3.05, 3.63) is 0 Å². The summed E-state index contributed by atoms with van der Waals surface area (Å²) >= 11 is 0. The van der Waals surface area contributed by atoms with Crippen molar-refractivity contribution in [1.29, 1.82) is 0 Å². The van der Waals surface area contributed by atoms with Crippen LogP contribution in [0, 0.1) is 11.8 Å². The Labute approximate surface area is 104 Å². The summed E-state index contributed by atoms with van der Waals surface area (Å²) in [6.45, 7) is 6.73. The van der Waals surface area contributed by atoms with Gasteiger partial charge in [-0.05, 0) is 32.7 Å². The monoisotopic (exact) mass is 243 g/mol. The molecule has 1 aliphatic rings. The number of methoxy groups -OCH3 is 1. The van der Waals surface area contributed by atoms with Crippen molar-refractivity contribution in [1.82, 2.24) is 4.90 Å². The third kappa shape index (κ3) is 4.28. The third-order valence-corrected chi connectivity index (χ3v) is 3.79. The van der Waals surface area contributed by atoms with E-state index < -0.39 is 0 Å². The molecule has 0 aromatic carbocycles. The highest BCUT2D eigenvalue weighted by Gasteiger charge is 2.26. The molecule has 4 nitrogen and oxygen atoms in total. The summed E-state index contributed by atoms with van der Waals surface area (Å²) in [5.41, 5.74) is 0. The Morgan fingerprint density at radius 3 is 2.76 bits per heavy atom. The van der Waals surface area contributed by atoms with Gasteiger partial charge in [-0.15, -0.1) is 0 Å². The number of hydrogen-bond acceptors (Lipinski definition) is 4. The molecule has 1 rings (SSSR count). The third-order valence-electron chi connectivity index (χ3n) is 3.79. The fourth-order valence-corrected chi connectivity index (χ4v) is 2.29. The smallest absolute Gasteiger partial charge is 0.309 e. The van der Waals surface area contributed by atoms with Gasteiger partial charge in [-0.3, -0.25) is 4.79 Å².